The molecule has 0 aliphatic heterocycles. The summed E-state index contributed by atoms with van der Waals surface area (Å²) in [4.78, 5) is 18.7. The molecule has 1 amide bonds. The minimum atomic E-state index is -0.00504. The molecule has 0 fully saturated rings. The first-order chi connectivity index (χ1) is 10.7. The van der Waals surface area contributed by atoms with E-state index in [-0.39, 0.29) is 11.7 Å². The van der Waals surface area contributed by atoms with E-state index in [1.165, 1.54) is 23.1 Å². The highest BCUT2D eigenvalue weighted by molar-refractivity contribution is 7.99. The maximum atomic E-state index is 12.5. The Morgan fingerprint density at radius 1 is 1.41 bits per heavy atom. The number of anilines is 1. The Kier molecular flexibility index (Phi) is 4.34. The summed E-state index contributed by atoms with van der Waals surface area (Å²) in [6, 6.07) is 7.88. The van der Waals surface area contributed by atoms with Crippen LogP contribution in [0.2, 0.25) is 0 Å². The Morgan fingerprint density at radius 2 is 2.23 bits per heavy atom. The van der Waals surface area contributed by atoms with Crippen LogP contribution >= 0.6 is 23.1 Å². The maximum absolute atomic E-state index is 12.5. The number of hydrogen-bond acceptors (Lipinski definition) is 7. The summed E-state index contributed by atoms with van der Waals surface area (Å²) in [5, 5.41) is 12.5. The monoisotopic (exact) mass is 334 g/mol. The first kappa shape index (κ1) is 14.9. The highest BCUT2D eigenvalue weighted by atomic mass is 32.2. The van der Waals surface area contributed by atoms with Crippen molar-refractivity contribution in [2.24, 2.45) is 7.05 Å². The van der Waals surface area contributed by atoms with Gasteiger partial charge in [-0.3, -0.25) is 9.69 Å². The van der Waals surface area contributed by atoms with Gasteiger partial charge in [-0.2, -0.15) is 0 Å². The van der Waals surface area contributed by atoms with E-state index in [9.17, 15) is 4.79 Å². The number of para-hydroxylation sites is 1. The second kappa shape index (κ2) is 6.41. The number of rotatable bonds is 5. The predicted octanol–water partition coefficient (Wildman–Crippen LogP) is 1.96. The molecule has 0 saturated carbocycles. The van der Waals surface area contributed by atoms with Gasteiger partial charge in [-0.05, 0) is 29.5 Å². The molecule has 0 radical (unpaired) electrons. The molecule has 114 valence electrons. The Bertz CT molecular complexity index is 766. The molecule has 7 nitrogen and oxygen atoms in total. The fourth-order valence-electron chi connectivity index (χ4n) is 1.94. The number of benzene rings is 1. The van der Waals surface area contributed by atoms with Gasteiger partial charge in [0.1, 0.15) is 0 Å². The average Bonchev–Trinajstić information content (AvgIpc) is 3.11. The Labute approximate surface area is 135 Å². The first-order valence-corrected chi connectivity index (χ1v) is 8.50. The highest BCUT2D eigenvalue weighted by Crippen LogP contribution is 2.29. The smallest absolute Gasteiger partial charge is 0.239 e. The molecule has 2 heterocycles. The van der Waals surface area contributed by atoms with Gasteiger partial charge in [-0.25, -0.2) is 9.67 Å². The van der Waals surface area contributed by atoms with Gasteiger partial charge < -0.3 is 0 Å². The number of hydrogen-bond donors (Lipinski definition) is 0. The highest BCUT2D eigenvalue weighted by Gasteiger charge is 2.19. The molecule has 0 atom stereocenters. The van der Waals surface area contributed by atoms with Crippen molar-refractivity contribution in [3.05, 3.63) is 24.3 Å². The van der Waals surface area contributed by atoms with Gasteiger partial charge >= 0.3 is 0 Å². The quantitative estimate of drug-likeness (QED) is 0.664. The number of carbonyl (C=O) groups is 1. The molecule has 0 aliphatic rings. The molecule has 3 aromatic rings. The summed E-state index contributed by atoms with van der Waals surface area (Å²) < 4.78 is 2.63. The number of aromatic nitrogens is 5. The zero-order valence-electron chi connectivity index (χ0n) is 12.1. The number of tetrazole rings is 1. The summed E-state index contributed by atoms with van der Waals surface area (Å²) in [5.41, 5.74) is 0.916. The third-order valence-corrected chi connectivity index (χ3v) is 5.09. The van der Waals surface area contributed by atoms with Gasteiger partial charge in [-0.1, -0.05) is 35.2 Å². The van der Waals surface area contributed by atoms with Gasteiger partial charge in [0.15, 0.2) is 5.13 Å². The van der Waals surface area contributed by atoms with Crippen LogP contribution < -0.4 is 4.90 Å². The van der Waals surface area contributed by atoms with Crippen LogP contribution in [-0.4, -0.2) is 43.4 Å². The summed E-state index contributed by atoms with van der Waals surface area (Å²) in [6.07, 6.45) is 0. The van der Waals surface area contributed by atoms with Crippen LogP contribution in [-0.2, 0) is 11.8 Å². The number of nitrogens with zero attached hydrogens (tertiary/aromatic N) is 6. The lowest BCUT2D eigenvalue weighted by Crippen LogP contribution is -2.32. The van der Waals surface area contributed by atoms with E-state index >= 15 is 0 Å². The van der Waals surface area contributed by atoms with E-state index in [2.05, 4.69) is 20.5 Å². The molecule has 22 heavy (non-hydrogen) atoms. The fourth-order valence-corrected chi connectivity index (χ4v) is 3.71. The maximum Gasteiger partial charge on any atom is 0.239 e. The SMILES string of the molecule is CCN(C(=O)CSc1nnnn1C)c1nc2ccccc2s1. The molecule has 0 spiro atoms. The van der Waals surface area contributed by atoms with Crippen molar-refractivity contribution in [1.29, 1.82) is 0 Å². The molecule has 2 aromatic heterocycles. The first-order valence-electron chi connectivity index (χ1n) is 6.70. The van der Waals surface area contributed by atoms with Crippen LogP contribution in [0.4, 0.5) is 5.13 Å². The van der Waals surface area contributed by atoms with E-state index in [0.29, 0.717) is 11.7 Å². The van der Waals surface area contributed by atoms with Crippen LogP contribution in [0.5, 0.6) is 0 Å². The molecule has 9 heteroatoms. The normalized spacial score (nSPS) is 11.0. The van der Waals surface area contributed by atoms with Crippen LogP contribution in [0.3, 0.4) is 0 Å². The molecule has 0 aliphatic carbocycles. The molecule has 0 saturated heterocycles. The molecular formula is C13H14N6OS2. The third kappa shape index (κ3) is 2.95. The van der Waals surface area contributed by atoms with Crippen LogP contribution in [0.1, 0.15) is 6.92 Å². The number of amides is 1. The molecular weight excluding hydrogens is 320 g/mol. The minimum absolute atomic E-state index is 0.00504. The number of thioether (sulfide) groups is 1. The van der Waals surface area contributed by atoms with Crippen LogP contribution in [0.25, 0.3) is 10.2 Å². The van der Waals surface area contributed by atoms with Gasteiger partial charge in [0.05, 0.1) is 16.0 Å². The van der Waals surface area contributed by atoms with Gasteiger partial charge in [0, 0.05) is 13.6 Å². The van der Waals surface area contributed by atoms with E-state index in [4.69, 9.17) is 0 Å². The van der Waals surface area contributed by atoms with Crippen molar-refractivity contribution < 1.29 is 4.79 Å². The van der Waals surface area contributed by atoms with Crippen molar-refractivity contribution >= 4 is 44.4 Å². The molecule has 3 rings (SSSR count). The van der Waals surface area contributed by atoms with Crippen LogP contribution in [0, 0.1) is 0 Å². The lowest BCUT2D eigenvalue weighted by molar-refractivity contribution is -0.116. The number of fused-ring (bicyclic) bond motifs is 1. The number of aryl methyl sites for hydroxylation is 1. The number of thiazole rings is 1. The van der Waals surface area contributed by atoms with Gasteiger partial charge in [0.2, 0.25) is 11.1 Å². The van der Waals surface area contributed by atoms with Gasteiger partial charge in [0.25, 0.3) is 0 Å². The Balaban J connectivity index is 1.75. The zero-order valence-corrected chi connectivity index (χ0v) is 13.8. The summed E-state index contributed by atoms with van der Waals surface area (Å²) in [5.74, 6) is 0.271. The van der Waals surface area contributed by atoms with Crippen molar-refractivity contribution in [3.63, 3.8) is 0 Å². The molecule has 0 unspecified atom stereocenters. The number of carbonyl (C=O) groups excluding carboxylic acids is 1. The lowest BCUT2D eigenvalue weighted by Gasteiger charge is -2.16. The van der Waals surface area contributed by atoms with Crippen molar-refractivity contribution in [2.45, 2.75) is 12.1 Å². The molecule has 0 N–H and O–H groups in total. The second-order valence-corrected chi connectivity index (χ2v) is 6.43. The third-order valence-electron chi connectivity index (χ3n) is 3.04. The van der Waals surface area contributed by atoms with Crippen molar-refractivity contribution in [2.75, 3.05) is 17.2 Å². The van der Waals surface area contributed by atoms with E-state index < -0.39 is 0 Å². The van der Waals surface area contributed by atoms with Crippen molar-refractivity contribution in [1.82, 2.24) is 25.2 Å². The summed E-state index contributed by atoms with van der Waals surface area (Å²) >= 11 is 2.84. The average molecular weight is 334 g/mol. The fraction of sp³-hybridized carbons (Fsp3) is 0.308. The molecule has 0 bridgehead atoms. The lowest BCUT2D eigenvalue weighted by atomic mass is 10.3. The summed E-state index contributed by atoms with van der Waals surface area (Å²) in [7, 11) is 1.75. The van der Waals surface area contributed by atoms with Gasteiger partial charge in [-0.15, -0.1) is 5.10 Å². The topological polar surface area (TPSA) is 76.8 Å². The summed E-state index contributed by atoms with van der Waals surface area (Å²) in [6.45, 7) is 2.52. The second-order valence-electron chi connectivity index (χ2n) is 4.48. The Morgan fingerprint density at radius 3 is 2.91 bits per heavy atom. The van der Waals surface area contributed by atoms with E-state index in [1.807, 2.05) is 31.2 Å². The zero-order chi connectivity index (χ0) is 15.5. The van der Waals surface area contributed by atoms with Crippen molar-refractivity contribution in [3.8, 4) is 0 Å². The largest absolute Gasteiger partial charge is 0.288 e. The van der Waals surface area contributed by atoms with Crippen LogP contribution in [0.15, 0.2) is 29.4 Å². The standard InChI is InChI=1S/C13H14N6OS2/c1-3-19(11(20)8-21-13-15-16-17-18(13)2)12-14-9-6-4-5-7-10(9)22-12/h4-7H,3,8H2,1-2H3. The van der Waals surface area contributed by atoms with E-state index in [0.717, 1.165) is 15.3 Å². The minimum Gasteiger partial charge on any atom is -0.288 e. The molecule has 1 aromatic carbocycles. The van der Waals surface area contributed by atoms with E-state index in [1.54, 1.807) is 16.6 Å². The predicted molar refractivity (Wildman–Crippen MR) is 87.2 cm³/mol. The Hall–Kier alpha value is -2.00.